The first kappa shape index (κ1) is 17.0. The number of rotatable bonds is 7. The molecule has 0 heterocycles. The van der Waals surface area contributed by atoms with Crippen molar-refractivity contribution in [3.8, 4) is 0 Å². The van der Waals surface area contributed by atoms with Crippen molar-refractivity contribution in [3.05, 3.63) is 35.9 Å². The van der Waals surface area contributed by atoms with Crippen LogP contribution in [0.4, 0.5) is 13.2 Å². The summed E-state index contributed by atoms with van der Waals surface area (Å²) >= 11 is 0. The average Bonchev–Trinajstić information content (AvgIpc) is 2.37. The van der Waals surface area contributed by atoms with Gasteiger partial charge in [0, 0.05) is 6.42 Å². The molecule has 116 valence electrons. The van der Waals surface area contributed by atoms with Gasteiger partial charge in [0.2, 0.25) is 5.91 Å². The summed E-state index contributed by atoms with van der Waals surface area (Å²) in [7, 11) is 0. The van der Waals surface area contributed by atoms with Gasteiger partial charge in [-0.05, 0) is 18.4 Å². The topological polar surface area (TPSA) is 66.4 Å². The molecule has 0 aromatic heterocycles. The summed E-state index contributed by atoms with van der Waals surface area (Å²) in [4.78, 5) is 22.2. The second kappa shape index (κ2) is 7.66. The van der Waals surface area contributed by atoms with Crippen molar-refractivity contribution >= 4 is 11.9 Å². The van der Waals surface area contributed by atoms with Crippen molar-refractivity contribution in [3.63, 3.8) is 0 Å². The van der Waals surface area contributed by atoms with Crippen LogP contribution in [0.25, 0.3) is 0 Å². The van der Waals surface area contributed by atoms with Gasteiger partial charge in [-0.2, -0.15) is 13.2 Å². The highest BCUT2D eigenvalue weighted by molar-refractivity contribution is 5.83. The molecule has 0 saturated heterocycles. The minimum Gasteiger partial charge on any atom is -0.480 e. The number of nitrogens with one attached hydrogen (secondary N) is 1. The van der Waals surface area contributed by atoms with Crippen LogP contribution in [-0.2, 0) is 16.0 Å². The molecular weight excluding hydrogens is 287 g/mol. The minimum absolute atomic E-state index is 0.0173. The number of carboxylic acids is 1. The van der Waals surface area contributed by atoms with Crippen molar-refractivity contribution in [2.75, 3.05) is 0 Å². The predicted octanol–water partition coefficient (Wildman–Crippen LogP) is 2.53. The summed E-state index contributed by atoms with van der Waals surface area (Å²) in [6.45, 7) is 0. The van der Waals surface area contributed by atoms with Gasteiger partial charge in [0.1, 0.15) is 6.04 Å². The van der Waals surface area contributed by atoms with Crippen molar-refractivity contribution in [2.24, 2.45) is 0 Å². The molecule has 0 aliphatic carbocycles. The molecule has 7 heteroatoms. The Labute approximate surface area is 120 Å². The lowest BCUT2D eigenvalue weighted by atomic mass is 10.1. The van der Waals surface area contributed by atoms with Crippen LogP contribution in [0.5, 0.6) is 0 Å². The summed E-state index contributed by atoms with van der Waals surface area (Å²) in [5, 5.41) is 10.6. The summed E-state index contributed by atoms with van der Waals surface area (Å²) in [6.07, 6.45) is -5.19. The zero-order valence-corrected chi connectivity index (χ0v) is 11.2. The zero-order chi connectivity index (χ0) is 15.9. The van der Waals surface area contributed by atoms with E-state index < -0.39 is 30.5 Å². The van der Waals surface area contributed by atoms with E-state index in [0.717, 1.165) is 5.56 Å². The molecule has 4 nitrogen and oxygen atoms in total. The van der Waals surface area contributed by atoms with Crippen LogP contribution < -0.4 is 5.32 Å². The number of amides is 1. The van der Waals surface area contributed by atoms with Gasteiger partial charge in [-0.25, -0.2) is 4.79 Å². The summed E-state index contributed by atoms with van der Waals surface area (Å²) in [6, 6.07) is 7.36. The van der Waals surface area contributed by atoms with Crippen molar-refractivity contribution in [2.45, 2.75) is 37.9 Å². The lowest BCUT2D eigenvalue weighted by molar-refractivity contribution is -0.160. The van der Waals surface area contributed by atoms with E-state index in [-0.39, 0.29) is 6.42 Å². The summed E-state index contributed by atoms with van der Waals surface area (Å²) < 4.78 is 36.5. The molecule has 1 atom stereocenters. The first-order valence-electron chi connectivity index (χ1n) is 6.41. The van der Waals surface area contributed by atoms with Gasteiger partial charge in [0.25, 0.3) is 0 Å². The number of alkyl halides is 3. The Morgan fingerprint density at radius 2 is 1.81 bits per heavy atom. The van der Waals surface area contributed by atoms with Gasteiger partial charge >= 0.3 is 12.1 Å². The quantitative estimate of drug-likeness (QED) is 0.813. The largest absolute Gasteiger partial charge is 0.480 e. The van der Waals surface area contributed by atoms with E-state index in [1.54, 1.807) is 0 Å². The van der Waals surface area contributed by atoms with Crippen LogP contribution in [0.2, 0.25) is 0 Å². The van der Waals surface area contributed by atoms with E-state index in [1.165, 1.54) is 0 Å². The summed E-state index contributed by atoms with van der Waals surface area (Å²) in [5.41, 5.74) is 1.01. The predicted molar refractivity (Wildman–Crippen MR) is 69.6 cm³/mol. The van der Waals surface area contributed by atoms with Crippen LogP contribution in [0.1, 0.15) is 24.8 Å². The number of carbonyl (C=O) groups excluding carboxylic acids is 1. The van der Waals surface area contributed by atoms with E-state index in [9.17, 15) is 22.8 Å². The van der Waals surface area contributed by atoms with Crippen LogP contribution in [-0.4, -0.2) is 29.2 Å². The van der Waals surface area contributed by atoms with Gasteiger partial charge < -0.3 is 10.4 Å². The third-order valence-corrected chi connectivity index (χ3v) is 2.78. The summed E-state index contributed by atoms with van der Waals surface area (Å²) in [5.74, 6) is -2.38. The van der Waals surface area contributed by atoms with Gasteiger partial charge in [-0.1, -0.05) is 30.3 Å². The fourth-order valence-corrected chi connectivity index (χ4v) is 1.80. The van der Waals surface area contributed by atoms with Gasteiger partial charge in [0.05, 0.1) is 6.42 Å². The Kier molecular flexibility index (Phi) is 6.20. The number of hydrogen-bond donors (Lipinski definition) is 2. The first-order valence-corrected chi connectivity index (χ1v) is 6.41. The molecule has 1 rings (SSSR count). The smallest absolute Gasteiger partial charge is 0.391 e. The molecule has 2 N–H and O–H groups in total. The molecule has 0 saturated carbocycles. The standard InChI is InChI=1S/C14H16F3NO3/c15-14(16,17)9-11(13(20)21)18-12(19)8-4-7-10-5-2-1-3-6-10/h1-3,5-6,11H,4,7-9H2,(H,18,19)(H,20,21). The molecule has 1 amide bonds. The van der Waals surface area contributed by atoms with E-state index in [2.05, 4.69) is 0 Å². The van der Waals surface area contributed by atoms with Crippen molar-refractivity contribution < 1.29 is 27.9 Å². The molecule has 0 spiro atoms. The second-order valence-electron chi connectivity index (χ2n) is 4.62. The highest BCUT2D eigenvalue weighted by Gasteiger charge is 2.36. The maximum atomic E-state index is 12.2. The van der Waals surface area contributed by atoms with Gasteiger partial charge in [0.15, 0.2) is 0 Å². The molecule has 0 radical (unpaired) electrons. The van der Waals surface area contributed by atoms with E-state index in [0.29, 0.717) is 12.8 Å². The highest BCUT2D eigenvalue weighted by Crippen LogP contribution is 2.21. The van der Waals surface area contributed by atoms with Crippen LogP contribution >= 0.6 is 0 Å². The maximum absolute atomic E-state index is 12.2. The third kappa shape index (κ3) is 7.34. The molecule has 0 bridgehead atoms. The van der Waals surface area contributed by atoms with E-state index >= 15 is 0 Å². The number of carboxylic acid groups (broad SMARTS) is 1. The Hall–Kier alpha value is -2.05. The Bertz CT molecular complexity index is 474. The number of aliphatic carboxylic acids is 1. The fraction of sp³-hybridized carbons (Fsp3) is 0.429. The number of aryl methyl sites for hydroxylation is 1. The number of benzene rings is 1. The molecule has 1 unspecified atom stereocenters. The monoisotopic (exact) mass is 303 g/mol. The average molecular weight is 303 g/mol. The molecular formula is C14H16F3NO3. The SMILES string of the molecule is O=C(CCCc1ccccc1)NC(CC(F)(F)F)C(=O)O. The number of hydrogen-bond acceptors (Lipinski definition) is 2. The maximum Gasteiger partial charge on any atom is 0.391 e. The second-order valence-corrected chi connectivity index (χ2v) is 4.62. The zero-order valence-electron chi connectivity index (χ0n) is 11.2. The number of carbonyl (C=O) groups is 2. The van der Waals surface area contributed by atoms with Crippen molar-refractivity contribution in [1.29, 1.82) is 0 Å². The van der Waals surface area contributed by atoms with E-state index in [4.69, 9.17) is 5.11 Å². The van der Waals surface area contributed by atoms with Gasteiger partial charge in [-0.3, -0.25) is 4.79 Å². The third-order valence-electron chi connectivity index (χ3n) is 2.78. The lowest BCUT2D eigenvalue weighted by Crippen LogP contribution is -2.43. The molecule has 0 fully saturated rings. The molecule has 0 aliphatic rings. The Morgan fingerprint density at radius 1 is 1.19 bits per heavy atom. The first-order chi connectivity index (χ1) is 9.78. The molecule has 0 aliphatic heterocycles. The van der Waals surface area contributed by atoms with Crippen LogP contribution in [0, 0.1) is 0 Å². The molecule has 1 aromatic rings. The minimum atomic E-state index is -4.64. The van der Waals surface area contributed by atoms with Crippen LogP contribution in [0.15, 0.2) is 30.3 Å². The Balaban J connectivity index is 2.38. The normalized spacial score (nSPS) is 12.7. The molecule has 1 aromatic carbocycles. The highest BCUT2D eigenvalue weighted by atomic mass is 19.4. The van der Waals surface area contributed by atoms with Crippen LogP contribution in [0.3, 0.4) is 0 Å². The molecule has 21 heavy (non-hydrogen) atoms. The fourth-order valence-electron chi connectivity index (χ4n) is 1.80. The number of halogens is 3. The van der Waals surface area contributed by atoms with Crippen molar-refractivity contribution in [1.82, 2.24) is 5.32 Å². The van der Waals surface area contributed by atoms with Gasteiger partial charge in [-0.15, -0.1) is 0 Å². The lowest BCUT2D eigenvalue weighted by Gasteiger charge is -2.16. The van der Waals surface area contributed by atoms with E-state index in [1.807, 2.05) is 35.6 Å². The Morgan fingerprint density at radius 3 is 2.33 bits per heavy atom.